The fourth-order valence-electron chi connectivity index (χ4n) is 5.17. The molecule has 1 aliphatic carbocycles. The van der Waals surface area contributed by atoms with Gasteiger partial charge in [-0.15, -0.1) is 0 Å². The Morgan fingerprint density at radius 2 is 1.86 bits per heavy atom. The smallest absolute Gasteiger partial charge is 0.254 e. The maximum absolute atomic E-state index is 13.4. The number of amides is 1. The number of nitrogens with zero attached hydrogens (tertiary/aromatic N) is 1. The number of carbonyl (C=O) groups is 1. The Balaban J connectivity index is 1.57. The maximum atomic E-state index is 13.4. The molecule has 146 valence electrons. The number of fused-ring (bicyclic) bond motifs is 2. The number of hydrogen-bond donors (Lipinski definition) is 1. The first-order valence-electron chi connectivity index (χ1n) is 10.1. The minimum atomic E-state index is -0.702. The van der Waals surface area contributed by atoms with Gasteiger partial charge < -0.3 is 19.5 Å². The zero-order valence-electron chi connectivity index (χ0n) is 15.8. The minimum absolute atomic E-state index is 0.0240. The molecule has 0 bridgehead atoms. The number of rotatable bonds is 2. The summed E-state index contributed by atoms with van der Waals surface area (Å²) in [6, 6.07) is 15.2. The second-order valence-electron chi connectivity index (χ2n) is 8.13. The number of hydrogen-bond acceptors (Lipinski definition) is 4. The van der Waals surface area contributed by atoms with Gasteiger partial charge in [0, 0.05) is 18.0 Å². The molecule has 1 amide bonds. The lowest BCUT2D eigenvalue weighted by Crippen LogP contribution is -2.56. The molecule has 5 heteroatoms. The largest absolute Gasteiger partial charge is 0.454 e. The molecule has 1 saturated carbocycles. The van der Waals surface area contributed by atoms with Crippen LogP contribution in [0, 0.1) is 5.92 Å². The number of piperidine rings is 1. The van der Waals surface area contributed by atoms with Crippen molar-refractivity contribution in [3.05, 3.63) is 59.7 Å². The van der Waals surface area contributed by atoms with Crippen molar-refractivity contribution in [1.82, 2.24) is 4.90 Å². The average molecular weight is 379 g/mol. The Hall–Kier alpha value is -2.53. The van der Waals surface area contributed by atoms with Crippen LogP contribution in [0.25, 0.3) is 0 Å². The molecule has 0 aromatic heterocycles. The van der Waals surface area contributed by atoms with E-state index in [0.717, 1.165) is 42.7 Å². The Morgan fingerprint density at radius 3 is 2.71 bits per heavy atom. The van der Waals surface area contributed by atoms with Crippen LogP contribution in [0.5, 0.6) is 11.5 Å². The van der Waals surface area contributed by atoms with Gasteiger partial charge in [-0.2, -0.15) is 0 Å². The lowest BCUT2D eigenvalue weighted by molar-refractivity contribution is -0.115. The van der Waals surface area contributed by atoms with Crippen LogP contribution in [-0.4, -0.2) is 34.9 Å². The van der Waals surface area contributed by atoms with E-state index in [9.17, 15) is 9.90 Å². The zero-order valence-corrected chi connectivity index (χ0v) is 15.8. The van der Waals surface area contributed by atoms with Crippen LogP contribution in [0.2, 0.25) is 0 Å². The highest BCUT2D eigenvalue weighted by Gasteiger charge is 2.50. The van der Waals surface area contributed by atoms with Crippen LogP contribution in [0.4, 0.5) is 0 Å². The number of carbonyl (C=O) groups excluding carboxylic acids is 1. The van der Waals surface area contributed by atoms with Gasteiger partial charge in [0.05, 0.1) is 11.6 Å². The van der Waals surface area contributed by atoms with Gasteiger partial charge in [0.25, 0.3) is 5.91 Å². The van der Waals surface area contributed by atoms with Crippen molar-refractivity contribution in [2.24, 2.45) is 5.92 Å². The molecule has 1 N–H and O–H groups in total. The summed E-state index contributed by atoms with van der Waals surface area (Å²) in [6.07, 6.45) is 4.51. The zero-order chi connectivity index (χ0) is 19.1. The summed E-state index contributed by atoms with van der Waals surface area (Å²) < 4.78 is 11.0. The summed E-state index contributed by atoms with van der Waals surface area (Å²) >= 11 is 0. The van der Waals surface area contributed by atoms with E-state index in [4.69, 9.17) is 9.47 Å². The second kappa shape index (κ2) is 6.82. The first kappa shape index (κ1) is 17.6. The third kappa shape index (κ3) is 2.85. The van der Waals surface area contributed by atoms with Gasteiger partial charge in [-0.1, -0.05) is 37.1 Å². The Morgan fingerprint density at radius 1 is 1.04 bits per heavy atom. The molecule has 5 nitrogen and oxygen atoms in total. The molecule has 5 rings (SSSR count). The van der Waals surface area contributed by atoms with E-state index in [2.05, 4.69) is 0 Å². The summed E-state index contributed by atoms with van der Waals surface area (Å²) in [5.74, 6) is 1.51. The quantitative estimate of drug-likeness (QED) is 0.859. The van der Waals surface area contributed by atoms with Gasteiger partial charge in [-0.3, -0.25) is 4.79 Å². The molecule has 2 unspecified atom stereocenters. The third-order valence-electron chi connectivity index (χ3n) is 6.59. The number of likely N-dealkylation sites (tertiary alicyclic amines) is 1. The first-order valence-corrected chi connectivity index (χ1v) is 10.1. The summed E-state index contributed by atoms with van der Waals surface area (Å²) in [5, 5.41) is 11.4. The van der Waals surface area contributed by atoms with Crippen molar-refractivity contribution in [1.29, 1.82) is 0 Å². The summed E-state index contributed by atoms with van der Waals surface area (Å²) in [6.45, 7) is 0.781. The Labute approximate surface area is 164 Å². The molecule has 0 radical (unpaired) electrons. The van der Waals surface area contributed by atoms with Crippen molar-refractivity contribution in [3.63, 3.8) is 0 Å². The van der Waals surface area contributed by atoms with E-state index in [1.165, 1.54) is 0 Å². The van der Waals surface area contributed by atoms with Crippen LogP contribution >= 0.6 is 0 Å². The first-order chi connectivity index (χ1) is 13.7. The number of aliphatic hydroxyl groups is 1. The predicted octanol–water partition coefficient (Wildman–Crippen LogP) is 3.92. The van der Waals surface area contributed by atoms with Crippen molar-refractivity contribution >= 4 is 5.91 Å². The van der Waals surface area contributed by atoms with Crippen LogP contribution in [0.1, 0.15) is 54.1 Å². The highest BCUT2D eigenvalue weighted by Crippen LogP contribution is 2.50. The predicted molar refractivity (Wildman–Crippen MR) is 104 cm³/mol. The Bertz CT molecular complexity index is 883. The number of ether oxygens (including phenoxy) is 2. The van der Waals surface area contributed by atoms with Crippen LogP contribution < -0.4 is 9.47 Å². The molecule has 0 spiro atoms. The topological polar surface area (TPSA) is 59.0 Å². The van der Waals surface area contributed by atoms with Crippen LogP contribution in [0.3, 0.4) is 0 Å². The molecule has 1 saturated heterocycles. The van der Waals surface area contributed by atoms with Crippen molar-refractivity contribution in [3.8, 4) is 11.5 Å². The fraction of sp³-hybridized carbons (Fsp3) is 0.435. The molecule has 28 heavy (non-hydrogen) atoms. The third-order valence-corrected chi connectivity index (χ3v) is 6.59. The van der Waals surface area contributed by atoms with E-state index >= 15 is 0 Å². The summed E-state index contributed by atoms with van der Waals surface area (Å²) in [4.78, 5) is 15.3. The van der Waals surface area contributed by atoms with Gasteiger partial charge in [-0.25, -0.2) is 0 Å². The SMILES string of the molecule is O=C(c1ccccc1)N1CCC2(O)CCCCC2[C@@H]1c1ccc2c(c1)OCO2. The summed E-state index contributed by atoms with van der Waals surface area (Å²) in [5.41, 5.74) is 1.00. The highest BCUT2D eigenvalue weighted by molar-refractivity contribution is 5.94. The summed E-state index contributed by atoms with van der Waals surface area (Å²) in [7, 11) is 0. The molecular formula is C23H25NO4. The maximum Gasteiger partial charge on any atom is 0.254 e. The fourth-order valence-corrected chi connectivity index (χ4v) is 5.17. The van der Waals surface area contributed by atoms with Crippen molar-refractivity contribution in [2.75, 3.05) is 13.3 Å². The van der Waals surface area contributed by atoms with Gasteiger partial charge >= 0.3 is 0 Å². The van der Waals surface area contributed by atoms with E-state index in [-0.39, 0.29) is 24.7 Å². The van der Waals surface area contributed by atoms with Gasteiger partial charge in [0.15, 0.2) is 11.5 Å². The van der Waals surface area contributed by atoms with E-state index in [1.807, 2.05) is 53.4 Å². The average Bonchev–Trinajstić information content (AvgIpc) is 3.20. The van der Waals surface area contributed by atoms with Crippen LogP contribution in [0.15, 0.2) is 48.5 Å². The molecule has 2 fully saturated rings. The van der Waals surface area contributed by atoms with Gasteiger partial charge in [-0.05, 0) is 49.1 Å². The van der Waals surface area contributed by atoms with Crippen molar-refractivity contribution in [2.45, 2.75) is 43.7 Å². The second-order valence-corrected chi connectivity index (χ2v) is 8.13. The molecule has 3 aliphatic rings. The molecule has 2 aliphatic heterocycles. The Kier molecular flexibility index (Phi) is 4.27. The lowest BCUT2D eigenvalue weighted by Gasteiger charge is -2.52. The number of benzene rings is 2. The molecule has 2 aromatic carbocycles. The van der Waals surface area contributed by atoms with Crippen molar-refractivity contribution < 1.29 is 19.4 Å². The monoisotopic (exact) mass is 379 g/mol. The van der Waals surface area contributed by atoms with E-state index < -0.39 is 5.60 Å². The van der Waals surface area contributed by atoms with Gasteiger partial charge in [0.1, 0.15) is 0 Å². The van der Waals surface area contributed by atoms with Crippen LogP contribution in [-0.2, 0) is 0 Å². The standard InChI is InChI=1S/C23H25NO4/c25-22(16-6-2-1-3-7-16)24-13-12-23(26)11-5-4-8-18(23)21(24)17-9-10-19-20(14-17)28-15-27-19/h1-3,6-7,9-10,14,18,21,26H,4-5,8,11-13,15H2/t18?,21-,23?/m0/s1. The van der Waals surface area contributed by atoms with E-state index in [0.29, 0.717) is 18.5 Å². The normalized spacial score (nSPS) is 28.7. The highest BCUT2D eigenvalue weighted by atomic mass is 16.7. The molecule has 2 aromatic rings. The molecule has 2 heterocycles. The van der Waals surface area contributed by atoms with Gasteiger partial charge in [0.2, 0.25) is 6.79 Å². The van der Waals surface area contributed by atoms with E-state index in [1.54, 1.807) is 0 Å². The minimum Gasteiger partial charge on any atom is -0.454 e. The lowest BCUT2D eigenvalue weighted by atomic mass is 9.66. The molecular weight excluding hydrogens is 354 g/mol. The molecule has 3 atom stereocenters.